The zero-order chi connectivity index (χ0) is 38.5. The first-order valence-electron chi connectivity index (χ1n) is 17.7. The molecule has 13 nitrogen and oxygen atoms in total. The second-order valence-corrected chi connectivity index (χ2v) is 15.3. The van der Waals surface area contributed by atoms with E-state index in [2.05, 4.69) is 21.0 Å². The molecule has 51 heavy (non-hydrogen) atoms. The summed E-state index contributed by atoms with van der Waals surface area (Å²) in [6, 6.07) is 7.26. The Kier molecular flexibility index (Phi) is 16.5. The van der Waals surface area contributed by atoms with Crippen molar-refractivity contribution < 1.29 is 34.3 Å². The molecule has 4 rings (SSSR count). The van der Waals surface area contributed by atoms with Crippen molar-refractivity contribution in [1.82, 2.24) is 19.8 Å². The highest BCUT2D eigenvalue weighted by molar-refractivity contribution is 5.93. The second kappa shape index (κ2) is 19.5. The molecule has 0 aliphatic carbocycles. The van der Waals surface area contributed by atoms with E-state index in [9.17, 15) is 19.6 Å². The van der Waals surface area contributed by atoms with Crippen molar-refractivity contribution in [3.05, 3.63) is 58.2 Å². The summed E-state index contributed by atoms with van der Waals surface area (Å²) in [6.07, 6.45) is 5.17. The van der Waals surface area contributed by atoms with E-state index < -0.39 is 23.3 Å². The van der Waals surface area contributed by atoms with Crippen molar-refractivity contribution in [3.8, 4) is 0 Å². The minimum Gasteiger partial charge on any atom is -0.444 e. The molecule has 2 aliphatic heterocycles. The van der Waals surface area contributed by atoms with Crippen LogP contribution >= 0.6 is 0 Å². The van der Waals surface area contributed by atoms with Gasteiger partial charge in [-0.2, -0.15) is 0 Å². The van der Waals surface area contributed by atoms with Crippen LogP contribution in [-0.2, 0) is 27.1 Å². The Morgan fingerprint density at radius 2 is 1.14 bits per heavy atom. The van der Waals surface area contributed by atoms with E-state index in [-0.39, 0.29) is 24.3 Å². The number of ketones is 1. The molecule has 2 amide bonds. The van der Waals surface area contributed by atoms with Crippen LogP contribution in [0.3, 0.4) is 0 Å². The molecule has 0 unspecified atom stereocenters. The van der Waals surface area contributed by atoms with Crippen LogP contribution in [0.5, 0.6) is 0 Å². The predicted molar refractivity (Wildman–Crippen MR) is 196 cm³/mol. The van der Waals surface area contributed by atoms with Gasteiger partial charge >= 0.3 is 12.2 Å². The highest BCUT2D eigenvalue weighted by Gasteiger charge is 2.35. The smallest absolute Gasteiger partial charge is 0.410 e. The fraction of sp³-hybridized carbons (Fsp3) is 0.632. The Balaban J connectivity index is 0.000000337. The van der Waals surface area contributed by atoms with E-state index in [1.165, 1.54) is 0 Å². The third kappa shape index (κ3) is 14.6. The maximum Gasteiger partial charge on any atom is 0.410 e. The number of carbonyl (C=O) groups is 3. The Morgan fingerprint density at radius 1 is 0.725 bits per heavy atom. The van der Waals surface area contributed by atoms with Gasteiger partial charge < -0.3 is 19.9 Å². The first-order valence-corrected chi connectivity index (χ1v) is 17.7. The summed E-state index contributed by atoms with van der Waals surface area (Å²) in [5.41, 5.74) is 5.12. The van der Waals surface area contributed by atoms with Gasteiger partial charge in [0, 0.05) is 42.3 Å². The normalized spacial score (nSPS) is 18.1. The number of nitrogens with two attached hydrogens (primary N) is 1. The van der Waals surface area contributed by atoms with Gasteiger partial charge in [0.05, 0.1) is 24.2 Å². The van der Waals surface area contributed by atoms with Gasteiger partial charge in [-0.1, -0.05) is 5.16 Å². The molecule has 0 aromatic carbocycles. The summed E-state index contributed by atoms with van der Waals surface area (Å²) < 4.78 is 11.0. The van der Waals surface area contributed by atoms with E-state index in [0.29, 0.717) is 31.6 Å². The number of aryl methyl sites for hydroxylation is 4. The lowest BCUT2D eigenvalue weighted by Gasteiger charge is -2.37. The predicted octanol–water partition coefficient (Wildman–Crippen LogP) is 6.79. The third-order valence-corrected chi connectivity index (χ3v) is 8.17. The summed E-state index contributed by atoms with van der Waals surface area (Å²) in [7, 11) is 0. The van der Waals surface area contributed by atoms with Crippen molar-refractivity contribution in [3.63, 3.8) is 0 Å². The summed E-state index contributed by atoms with van der Waals surface area (Å²) in [5.74, 6) is 3.54. The van der Waals surface area contributed by atoms with Gasteiger partial charge in [0.25, 0.3) is 0 Å². The topological polar surface area (TPSA) is 181 Å². The first-order chi connectivity index (χ1) is 23.8. The minimum absolute atomic E-state index is 0.0399. The molecule has 4 heterocycles. The highest BCUT2D eigenvalue weighted by atomic mass is 16.6. The average Bonchev–Trinajstić information content (AvgIpc) is 3.02. The molecule has 2 aromatic heterocycles. The van der Waals surface area contributed by atoms with E-state index >= 15 is 0 Å². The number of hydrogen-bond acceptors (Lipinski definition) is 11. The van der Waals surface area contributed by atoms with Crippen molar-refractivity contribution in [2.45, 2.75) is 144 Å². The molecule has 2 atom stereocenters. The van der Waals surface area contributed by atoms with Crippen LogP contribution in [0.25, 0.3) is 0 Å². The lowest BCUT2D eigenvalue weighted by Crippen LogP contribution is -2.50. The fourth-order valence-corrected chi connectivity index (χ4v) is 6.36. The first kappa shape index (κ1) is 43.1. The largest absolute Gasteiger partial charge is 0.444 e. The van der Waals surface area contributed by atoms with E-state index in [4.69, 9.17) is 14.7 Å². The number of hydrogen-bond donors (Lipinski definition) is 3. The van der Waals surface area contributed by atoms with Gasteiger partial charge in [-0.05, 0) is 143 Å². The monoisotopic (exact) mass is 712 g/mol. The standard InChI is InChI=1S/C19H29N3O3.C19H28N2O3.H3NO/c1-13-10-14(2)20-15(11-13)12-16(21-24)17-8-6-7-9-22(17)18(23)25-19(3,4)5;1-13-10-14(2)20-15(11-13)12-17(22)16-8-6-7-9-21(16)18(23)24-19(3,4)5;1-2/h10-11,17,24H,6-9,12H2,1-5H3;10-11,16H,6-9,12H2,1-5H3;2H,1H2/b21-16-;;/t17-;16-;/m00./s1. The Labute approximate surface area is 303 Å². The number of pyridine rings is 2. The quantitative estimate of drug-likeness (QED) is 0.164. The number of aromatic nitrogens is 2. The number of carbonyl (C=O) groups excluding carboxylic acids is 3. The van der Waals surface area contributed by atoms with E-state index in [1.807, 2.05) is 93.5 Å². The van der Waals surface area contributed by atoms with Crippen LogP contribution in [0.2, 0.25) is 0 Å². The number of likely N-dealkylation sites (tertiary alicyclic amines) is 2. The SMILES string of the molecule is Cc1cc(C)nc(C/C(=N/O)[C@@H]2CCCCN2C(=O)OC(C)(C)C)c1.Cc1cc(C)nc(CC(=O)[C@@H]2CCCCN2C(=O)OC(C)(C)C)c1.NO. The molecule has 2 fully saturated rings. The zero-order valence-electron chi connectivity index (χ0n) is 32.3. The number of rotatable bonds is 6. The number of nitrogens with zero attached hydrogens (tertiary/aromatic N) is 5. The van der Waals surface area contributed by atoms with Crippen molar-refractivity contribution >= 4 is 23.7 Å². The van der Waals surface area contributed by atoms with Crippen molar-refractivity contribution in [2.75, 3.05) is 13.1 Å². The summed E-state index contributed by atoms with van der Waals surface area (Å²) in [5, 5.41) is 19.6. The van der Waals surface area contributed by atoms with Crippen LogP contribution in [0, 0.1) is 27.7 Å². The summed E-state index contributed by atoms with van der Waals surface area (Å²) in [4.78, 5) is 50.0. The van der Waals surface area contributed by atoms with Crippen LogP contribution in [0.4, 0.5) is 9.59 Å². The summed E-state index contributed by atoms with van der Waals surface area (Å²) >= 11 is 0. The average molecular weight is 713 g/mol. The third-order valence-electron chi connectivity index (χ3n) is 8.17. The van der Waals surface area contributed by atoms with E-state index in [1.54, 1.807) is 9.80 Å². The minimum atomic E-state index is -0.558. The maximum atomic E-state index is 12.8. The van der Waals surface area contributed by atoms with E-state index in [0.717, 1.165) is 66.0 Å². The van der Waals surface area contributed by atoms with Gasteiger partial charge in [0.15, 0.2) is 5.78 Å². The maximum absolute atomic E-state index is 12.8. The Hall–Kier alpha value is -4.10. The lowest BCUT2D eigenvalue weighted by atomic mass is 9.95. The van der Waals surface area contributed by atoms with Gasteiger partial charge in [-0.3, -0.25) is 24.6 Å². The van der Waals surface area contributed by atoms with Crippen LogP contribution in [-0.4, -0.2) is 90.2 Å². The molecule has 0 radical (unpaired) electrons. The number of amides is 2. The number of piperidine rings is 2. The molecule has 13 heteroatoms. The van der Waals surface area contributed by atoms with Crippen LogP contribution < -0.4 is 5.90 Å². The molecule has 0 bridgehead atoms. The van der Waals surface area contributed by atoms with Crippen LogP contribution in [0.1, 0.15) is 114 Å². The molecule has 0 saturated carbocycles. The molecular formula is C38H60N6O7. The molecule has 2 aromatic rings. The van der Waals surface area contributed by atoms with Gasteiger partial charge in [0.1, 0.15) is 11.2 Å². The lowest BCUT2D eigenvalue weighted by molar-refractivity contribution is -0.124. The second-order valence-electron chi connectivity index (χ2n) is 15.3. The molecule has 284 valence electrons. The molecule has 2 aliphatic rings. The Bertz CT molecular complexity index is 1460. The van der Waals surface area contributed by atoms with Gasteiger partial charge in [-0.15, -0.1) is 0 Å². The molecule has 4 N–H and O–H groups in total. The summed E-state index contributed by atoms with van der Waals surface area (Å²) in [6.45, 7) is 20.1. The van der Waals surface area contributed by atoms with Crippen LogP contribution in [0.15, 0.2) is 29.4 Å². The number of ether oxygens (including phenoxy) is 2. The van der Waals surface area contributed by atoms with Crippen molar-refractivity contribution in [1.29, 1.82) is 0 Å². The molecular weight excluding hydrogens is 652 g/mol. The number of Topliss-reactive ketones (excluding diaryl/α,β-unsaturated/α-hetero) is 1. The fourth-order valence-electron chi connectivity index (χ4n) is 6.36. The zero-order valence-corrected chi connectivity index (χ0v) is 32.3. The highest BCUT2D eigenvalue weighted by Crippen LogP contribution is 2.24. The van der Waals surface area contributed by atoms with Gasteiger partial charge in [0.2, 0.25) is 0 Å². The molecule has 0 spiro atoms. The van der Waals surface area contributed by atoms with Crippen molar-refractivity contribution in [2.24, 2.45) is 11.1 Å². The van der Waals surface area contributed by atoms with Gasteiger partial charge in [-0.25, -0.2) is 15.5 Å². The Morgan fingerprint density at radius 3 is 1.55 bits per heavy atom. The molecule has 2 saturated heterocycles. The number of oxime groups is 1.